The predicted molar refractivity (Wildman–Crippen MR) is 107 cm³/mol. The molecule has 1 aliphatic heterocycles. The highest BCUT2D eigenvalue weighted by Gasteiger charge is 2.17. The van der Waals surface area contributed by atoms with Crippen molar-refractivity contribution in [3.8, 4) is 12.3 Å². The Bertz CT molecular complexity index is 907. The molecule has 2 heterocycles. The monoisotopic (exact) mass is 375 g/mol. The number of benzene rings is 1. The summed E-state index contributed by atoms with van der Waals surface area (Å²) < 4.78 is 0. The lowest BCUT2D eigenvalue weighted by Crippen LogP contribution is -2.34. The zero-order chi connectivity index (χ0) is 19.9. The minimum Gasteiger partial charge on any atom is -0.357 e. The average Bonchev–Trinajstić information content (AvgIpc) is 3.24. The third-order valence-corrected chi connectivity index (χ3v) is 4.44. The summed E-state index contributed by atoms with van der Waals surface area (Å²) in [5.41, 5.74) is 1.95. The summed E-state index contributed by atoms with van der Waals surface area (Å²) in [5, 5.41) is 13.0. The molecule has 0 unspecified atom stereocenters. The van der Waals surface area contributed by atoms with E-state index in [0.717, 1.165) is 37.1 Å². The number of carbonyl (C=O) groups excluding carboxylic acids is 2. The van der Waals surface area contributed by atoms with Crippen molar-refractivity contribution >= 4 is 23.6 Å². The van der Waals surface area contributed by atoms with Crippen LogP contribution in [0.3, 0.4) is 0 Å². The molecule has 3 N–H and O–H groups in total. The van der Waals surface area contributed by atoms with Crippen molar-refractivity contribution in [2.45, 2.75) is 19.3 Å². The number of anilines is 1. The van der Waals surface area contributed by atoms with Crippen molar-refractivity contribution in [2.24, 2.45) is 0 Å². The number of rotatable bonds is 4. The van der Waals surface area contributed by atoms with Crippen LogP contribution >= 0.6 is 0 Å². The molecule has 3 amide bonds. The second-order valence-electron chi connectivity index (χ2n) is 6.46. The van der Waals surface area contributed by atoms with Gasteiger partial charge in [-0.15, -0.1) is 12.3 Å². The first-order valence-electron chi connectivity index (χ1n) is 9.01. The Kier molecular flexibility index (Phi) is 6.02. The number of nitrogens with one attached hydrogen (secondary N) is 3. The molecule has 7 heteroatoms. The van der Waals surface area contributed by atoms with Gasteiger partial charge in [0.05, 0.1) is 0 Å². The summed E-state index contributed by atoms with van der Waals surface area (Å²) in [4.78, 5) is 30.3. The first-order valence-corrected chi connectivity index (χ1v) is 9.01. The molecule has 1 aromatic heterocycles. The first kappa shape index (κ1) is 19.1. The Labute approximate surface area is 163 Å². The van der Waals surface area contributed by atoms with Crippen molar-refractivity contribution in [1.82, 2.24) is 15.2 Å². The summed E-state index contributed by atoms with van der Waals surface area (Å²) >= 11 is 0. The van der Waals surface area contributed by atoms with Crippen molar-refractivity contribution in [3.63, 3.8) is 0 Å². The van der Waals surface area contributed by atoms with Crippen LogP contribution in [-0.4, -0.2) is 40.7 Å². The number of aromatic nitrogens is 1. The van der Waals surface area contributed by atoms with Gasteiger partial charge >= 0.3 is 6.03 Å². The van der Waals surface area contributed by atoms with Crippen LogP contribution in [0, 0.1) is 17.8 Å². The standard InChI is InChI=1S/C21H21N5O2/c1-2-5-15-6-11-18(23-14-15)24-21(28)25-20(27)17-9-7-16(8-10-17)19(22)26-12-3-4-13-26/h1,6-11,14,22H,3-5,12-13H2,(H2,23,24,25,27,28). The van der Waals surface area contributed by atoms with E-state index in [0.29, 0.717) is 23.6 Å². The average molecular weight is 375 g/mol. The largest absolute Gasteiger partial charge is 0.357 e. The molecule has 28 heavy (non-hydrogen) atoms. The second kappa shape index (κ2) is 8.82. The molecule has 1 aliphatic rings. The first-order chi connectivity index (χ1) is 13.6. The summed E-state index contributed by atoms with van der Waals surface area (Å²) in [6.07, 6.45) is 9.47. The number of terminal acetylenes is 1. The van der Waals surface area contributed by atoms with E-state index in [1.54, 1.807) is 42.6 Å². The summed E-state index contributed by atoms with van der Waals surface area (Å²) in [7, 11) is 0. The lowest BCUT2D eigenvalue weighted by atomic mass is 10.1. The van der Waals surface area contributed by atoms with Crippen molar-refractivity contribution < 1.29 is 9.59 Å². The summed E-state index contributed by atoms with van der Waals surface area (Å²) in [6, 6.07) is 9.37. The van der Waals surface area contributed by atoms with Crippen LogP contribution in [0.25, 0.3) is 0 Å². The van der Waals surface area contributed by atoms with Crippen molar-refractivity contribution in [2.75, 3.05) is 18.4 Å². The van der Waals surface area contributed by atoms with Crippen LogP contribution < -0.4 is 10.6 Å². The Morgan fingerprint density at radius 3 is 2.39 bits per heavy atom. The molecule has 1 aromatic carbocycles. The molecule has 0 saturated carbocycles. The summed E-state index contributed by atoms with van der Waals surface area (Å²) in [5.74, 6) is 2.77. The van der Waals surface area contributed by atoms with Gasteiger partial charge in [0.15, 0.2) is 0 Å². The fraction of sp³-hybridized carbons (Fsp3) is 0.238. The minimum absolute atomic E-state index is 0.320. The van der Waals surface area contributed by atoms with Gasteiger partial charge < -0.3 is 4.90 Å². The number of amides is 3. The van der Waals surface area contributed by atoms with Crippen molar-refractivity contribution in [3.05, 3.63) is 59.3 Å². The molecule has 1 saturated heterocycles. The molecule has 0 radical (unpaired) electrons. The number of pyridine rings is 1. The lowest BCUT2D eigenvalue weighted by Gasteiger charge is -2.18. The molecule has 0 bridgehead atoms. The maximum Gasteiger partial charge on any atom is 0.327 e. The number of hydrogen-bond donors (Lipinski definition) is 3. The van der Waals surface area contributed by atoms with Crippen LogP contribution in [0.2, 0.25) is 0 Å². The number of nitrogens with zero attached hydrogens (tertiary/aromatic N) is 2. The highest BCUT2D eigenvalue weighted by molar-refractivity contribution is 6.08. The minimum atomic E-state index is -0.670. The molecule has 142 valence electrons. The number of imide groups is 1. The van der Waals surface area contributed by atoms with Crippen LogP contribution in [0.4, 0.5) is 10.6 Å². The number of likely N-dealkylation sites (tertiary alicyclic amines) is 1. The van der Waals surface area contributed by atoms with Gasteiger partial charge in [-0.1, -0.05) is 18.2 Å². The molecular weight excluding hydrogens is 354 g/mol. The molecule has 7 nitrogen and oxygen atoms in total. The van der Waals surface area contributed by atoms with Crippen LogP contribution in [0.5, 0.6) is 0 Å². The smallest absolute Gasteiger partial charge is 0.327 e. The molecule has 0 atom stereocenters. The predicted octanol–water partition coefficient (Wildman–Crippen LogP) is 2.64. The van der Waals surface area contributed by atoms with Crippen LogP contribution in [0.15, 0.2) is 42.6 Å². The van der Waals surface area contributed by atoms with Gasteiger partial charge in [-0.3, -0.25) is 20.8 Å². The Hall–Kier alpha value is -3.66. The quantitative estimate of drug-likeness (QED) is 0.435. The van der Waals surface area contributed by atoms with Gasteiger partial charge in [-0.05, 0) is 36.6 Å². The van der Waals surface area contributed by atoms with Gasteiger partial charge in [-0.25, -0.2) is 9.78 Å². The molecule has 0 aliphatic carbocycles. The van der Waals surface area contributed by atoms with E-state index in [-0.39, 0.29) is 0 Å². The number of urea groups is 1. The molecular formula is C21H21N5O2. The van der Waals surface area contributed by atoms with E-state index in [4.69, 9.17) is 11.8 Å². The van der Waals surface area contributed by atoms with E-state index < -0.39 is 11.9 Å². The van der Waals surface area contributed by atoms with E-state index in [1.165, 1.54) is 0 Å². The van der Waals surface area contributed by atoms with Crippen molar-refractivity contribution in [1.29, 1.82) is 5.41 Å². The maximum atomic E-state index is 12.2. The highest BCUT2D eigenvalue weighted by atomic mass is 16.2. The number of hydrogen-bond acceptors (Lipinski definition) is 4. The second-order valence-corrected chi connectivity index (χ2v) is 6.46. The third kappa shape index (κ3) is 4.74. The topological polar surface area (TPSA) is 98.2 Å². The van der Waals surface area contributed by atoms with Gasteiger partial charge in [0, 0.05) is 36.8 Å². The Morgan fingerprint density at radius 1 is 1.11 bits per heavy atom. The van der Waals surface area contributed by atoms with Gasteiger partial charge in [0.25, 0.3) is 5.91 Å². The van der Waals surface area contributed by atoms with E-state index >= 15 is 0 Å². The lowest BCUT2D eigenvalue weighted by molar-refractivity contribution is 0.0967. The molecule has 3 rings (SSSR count). The Balaban J connectivity index is 1.55. The van der Waals surface area contributed by atoms with Gasteiger partial charge in [0.1, 0.15) is 11.7 Å². The fourth-order valence-electron chi connectivity index (χ4n) is 2.95. The molecule has 0 spiro atoms. The van der Waals surface area contributed by atoms with Crippen LogP contribution in [-0.2, 0) is 6.42 Å². The van der Waals surface area contributed by atoms with Crippen LogP contribution in [0.1, 0.15) is 34.3 Å². The van der Waals surface area contributed by atoms with E-state index in [1.807, 2.05) is 4.90 Å². The molecule has 2 aromatic rings. The van der Waals surface area contributed by atoms with E-state index in [2.05, 4.69) is 21.5 Å². The fourth-order valence-corrected chi connectivity index (χ4v) is 2.95. The normalized spacial score (nSPS) is 12.9. The Morgan fingerprint density at radius 2 is 1.79 bits per heavy atom. The zero-order valence-corrected chi connectivity index (χ0v) is 15.4. The van der Waals surface area contributed by atoms with Gasteiger partial charge in [0.2, 0.25) is 0 Å². The highest BCUT2D eigenvalue weighted by Crippen LogP contribution is 2.13. The molecule has 1 fully saturated rings. The third-order valence-electron chi connectivity index (χ3n) is 4.44. The number of amidine groups is 1. The zero-order valence-electron chi connectivity index (χ0n) is 15.4. The van der Waals surface area contributed by atoms with Gasteiger partial charge in [-0.2, -0.15) is 0 Å². The number of carbonyl (C=O) groups is 2. The summed E-state index contributed by atoms with van der Waals surface area (Å²) in [6.45, 7) is 1.78. The van der Waals surface area contributed by atoms with E-state index in [9.17, 15) is 9.59 Å². The maximum absolute atomic E-state index is 12.2. The SMILES string of the molecule is C#CCc1ccc(NC(=O)NC(=O)c2ccc(C(=N)N3CCCC3)cc2)nc1.